The maximum absolute atomic E-state index is 12.7. The summed E-state index contributed by atoms with van der Waals surface area (Å²) in [6.07, 6.45) is 9.07. The molecule has 20 heavy (non-hydrogen) atoms. The quantitative estimate of drug-likeness (QED) is 0.855. The molecule has 1 aliphatic heterocycles. The van der Waals surface area contributed by atoms with Crippen LogP contribution in [0.5, 0.6) is 0 Å². The minimum Gasteiger partial charge on any atom is -0.341 e. The molecule has 0 spiro atoms. The van der Waals surface area contributed by atoms with E-state index in [1.165, 1.54) is 25.7 Å². The van der Waals surface area contributed by atoms with E-state index < -0.39 is 0 Å². The molecule has 1 aliphatic carbocycles. The number of piperidine rings is 1. The summed E-state index contributed by atoms with van der Waals surface area (Å²) in [6.45, 7) is 2.50. The predicted octanol–water partition coefficient (Wildman–Crippen LogP) is 1.84. The summed E-state index contributed by atoms with van der Waals surface area (Å²) < 4.78 is 0. The van der Waals surface area contributed by atoms with Crippen LogP contribution in [-0.4, -0.2) is 55.5 Å². The summed E-state index contributed by atoms with van der Waals surface area (Å²) in [4.78, 5) is 17.0. The summed E-state index contributed by atoms with van der Waals surface area (Å²) in [5.41, 5.74) is 6.11. The molecule has 2 fully saturated rings. The minimum absolute atomic E-state index is 0.0976. The number of hydrogen-bond acceptors (Lipinski definition) is 3. The van der Waals surface area contributed by atoms with Crippen molar-refractivity contribution in [3.05, 3.63) is 0 Å². The highest BCUT2D eigenvalue weighted by atomic mass is 16.2. The zero-order chi connectivity index (χ0) is 14.6. The summed E-state index contributed by atoms with van der Waals surface area (Å²) >= 11 is 0. The van der Waals surface area contributed by atoms with Crippen molar-refractivity contribution in [1.82, 2.24) is 9.80 Å². The first-order valence-corrected chi connectivity index (χ1v) is 8.21. The summed E-state index contributed by atoms with van der Waals surface area (Å²) in [6, 6.07) is 0.521. The van der Waals surface area contributed by atoms with Crippen LogP contribution in [0, 0.1) is 5.41 Å². The fraction of sp³-hybridized carbons (Fsp3) is 0.938. The van der Waals surface area contributed by atoms with Crippen molar-refractivity contribution >= 4 is 5.91 Å². The molecule has 2 aliphatic rings. The van der Waals surface area contributed by atoms with Crippen LogP contribution < -0.4 is 5.73 Å². The van der Waals surface area contributed by atoms with Crippen LogP contribution in [0.15, 0.2) is 0 Å². The lowest BCUT2D eigenvalue weighted by Gasteiger charge is -2.40. The fourth-order valence-corrected chi connectivity index (χ4v) is 3.79. The molecule has 2 N–H and O–H groups in total. The van der Waals surface area contributed by atoms with E-state index in [1.807, 2.05) is 0 Å². The van der Waals surface area contributed by atoms with Gasteiger partial charge in [-0.2, -0.15) is 0 Å². The molecule has 1 saturated carbocycles. The van der Waals surface area contributed by atoms with Gasteiger partial charge in [0.1, 0.15) is 0 Å². The first-order chi connectivity index (χ1) is 9.56. The Hall–Kier alpha value is -0.610. The lowest BCUT2D eigenvalue weighted by molar-refractivity contribution is -0.136. The SMILES string of the molecule is CN(C)C1CCCN(C(=O)CC2(CN)CCCCC2)C1. The first-order valence-electron chi connectivity index (χ1n) is 8.21. The van der Waals surface area contributed by atoms with Crippen molar-refractivity contribution < 1.29 is 4.79 Å². The first kappa shape index (κ1) is 15.8. The van der Waals surface area contributed by atoms with Gasteiger partial charge in [0.15, 0.2) is 0 Å². The Morgan fingerprint density at radius 3 is 2.55 bits per heavy atom. The zero-order valence-corrected chi connectivity index (χ0v) is 13.2. The van der Waals surface area contributed by atoms with Gasteiger partial charge in [0.05, 0.1) is 0 Å². The summed E-state index contributed by atoms with van der Waals surface area (Å²) in [5.74, 6) is 0.337. The number of nitrogens with two attached hydrogens (primary N) is 1. The number of amides is 1. The Kier molecular flexibility index (Phi) is 5.44. The monoisotopic (exact) mass is 281 g/mol. The third-order valence-corrected chi connectivity index (χ3v) is 5.35. The van der Waals surface area contributed by atoms with Crippen LogP contribution in [-0.2, 0) is 4.79 Å². The van der Waals surface area contributed by atoms with E-state index in [4.69, 9.17) is 5.73 Å². The van der Waals surface area contributed by atoms with Crippen LogP contribution in [0.25, 0.3) is 0 Å². The largest absolute Gasteiger partial charge is 0.341 e. The average molecular weight is 281 g/mol. The summed E-state index contributed by atoms with van der Waals surface area (Å²) in [7, 11) is 4.22. The lowest BCUT2D eigenvalue weighted by Crippen LogP contribution is -2.49. The van der Waals surface area contributed by atoms with Gasteiger partial charge in [-0.25, -0.2) is 0 Å². The van der Waals surface area contributed by atoms with E-state index in [-0.39, 0.29) is 5.41 Å². The molecule has 4 heteroatoms. The van der Waals surface area contributed by atoms with E-state index in [9.17, 15) is 4.79 Å². The van der Waals surface area contributed by atoms with E-state index in [0.717, 1.165) is 32.4 Å². The number of likely N-dealkylation sites (N-methyl/N-ethyl adjacent to an activating group) is 1. The number of carbonyl (C=O) groups is 1. The van der Waals surface area contributed by atoms with E-state index in [1.54, 1.807) is 0 Å². The third kappa shape index (κ3) is 3.73. The van der Waals surface area contributed by atoms with Crippen molar-refractivity contribution in [3.8, 4) is 0 Å². The maximum Gasteiger partial charge on any atom is 0.223 e. The molecular formula is C16H31N3O. The van der Waals surface area contributed by atoms with Gasteiger partial charge in [0.25, 0.3) is 0 Å². The molecule has 0 aromatic carbocycles. The van der Waals surface area contributed by atoms with E-state index in [2.05, 4.69) is 23.9 Å². The highest BCUT2D eigenvalue weighted by Gasteiger charge is 2.35. The number of hydrogen-bond donors (Lipinski definition) is 1. The molecule has 1 saturated heterocycles. The van der Waals surface area contributed by atoms with Gasteiger partial charge in [-0.05, 0) is 51.7 Å². The second-order valence-electron chi connectivity index (χ2n) is 7.04. The van der Waals surface area contributed by atoms with Crippen LogP contribution in [0.1, 0.15) is 51.4 Å². The van der Waals surface area contributed by atoms with Gasteiger partial charge >= 0.3 is 0 Å². The second kappa shape index (κ2) is 6.90. The molecule has 0 aromatic rings. The Bertz CT molecular complexity index is 324. The molecule has 0 radical (unpaired) electrons. The molecular weight excluding hydrogens is 250 g/mol. The van der Waals surface area contributed by atoms with Crippen LogP contribution in [0.3, 0.4) is 0 Å². The second-order valence-corrected chi connectivity index (χ2v) is 7.04. The Morgan fingerprint density at radius 2 is 1.95 bits per heavy atom. The van der Waals surface area contributed by atoms with Crippen molar-refractivity contribution in [2.24, 2.45) is 11.1 Å². The van der Waals surface area contributed by atoms with Crippen molar-refractivity contribution in [3.63, 3.8) is 0 Å². The number of rotatable bonds is 4. The number of carbonyl (C=O) groups excluding carboxylic acids is 1. The van der Waals surface area contributed by atoms with Gasteiger partial charge in [0.2, 0.25) is 5.91 Å². The summed E-state index contributed by atoms with van der Waals surface area (Å²) in [5, 5.41) is 0. The van der Waals surface area contributed by atoms with Gasteiger partial charge < -0.3 is 15.5 Å². The molecule has 1 heterocycles. The van der Waals surface area contributed by atoms with Gasteiger partial charge in [-0.1, -0.05) is 19.3 Å². The molecule has 116 valence electrons. The van der Waals surface area contributed by atoms with Gasteiger partial charge in [-0.3, -0.25) is 4.79 Å². The molecule has 1 unspecified atom stereocenters. The van der Waals surface area contributed by atoms with Gasteiger partial charge in [0, 0.05) is 25.6 Å². The van der Waals surface area contributed by atoms with Crippen LogP contribution in [0.4, 0.5) is 0 Å². The standard InChI is InChI=1S/C16H31N3O/c1-18(2)14-7-6-10-19(12-14)15(20)11-16(13-17)8-4-3-5-9-16/h14H,3-13,17H2,1-2H3. The molecule has 0 aromatic heterocycles. The van der Waals surface area contributed by atoms with Crippen LogP contribution >= 0.6 is 0 Å². The van der Waals surface area contributed by atoms with Crippen molar-refractivity contribution in [2.75, 3.05) is 33.7 Å². The maximum atomic E-state index is 12.7. The van der Waals surface area contributed by atoms with Crippen molar-refractivity contribution in [1.29, 1.82) is 0 Å². The molecule has 2 rings (SSSR count). The Morgan fingerprint density at radius 1 is 1.25 bits per heavy atom. The fourth-order valence-electron chi connectivity index (χ4n) is 3.79. The zero-order valence-electron chi connectivity index (χ0n) is 13.2. The normalized spacial score (nSPS) is 26.8. The predicted molar refractivity (Wildman–Crippen MR) is 82.5 cm³/mol. The molecule has 1 atom stereocenters. The Labute approximate surface area is 123 Å². The molecule has 4 nitrogen and oxygen atoms in total. The average Bonchev–Trinajstić information content (AvgIpc) is 2.48. The topological polar surface area (TPSA) is 49.6 Å². The number of likely N-dealkylation sites (tertiary alicyclic amines) is 1. The third-order valence-electron chi connectivity index (χ3n) is 5.35. The highest BCUT2D eigenvalue weighted by molar-refractivity contribution is 5.77. The Balaban J connectivity index is 1.93. The lowest BCUT2D eigenvalue weighted by atomic mass is 9.71. The van der Waals surface area contributed by atoms with Crippen molar-refractivity contribution in [2.45, 2.75) is 57.4 Å². The number of nitrogens with zero attached hydrogens (tertiary/aromatic N) is 2. The van der Waals surface area contributed by atoms with E-state index >= 15 is 0 Å². The van der Waals surface area contributed by atoms with Gasteiger partial charge in [-0.15, -0.1) is 0 Å². The molecule has 0 bridgehead atoms. The minimum atomic E-state index is 0.0976. The smallest absolute Gasteiger partial charge is 0.223 e. The molecule has 1 amide bonds. The van der Waals surface area contributed by atoms with Crippen LogP contribution in [0.2, 0.25) is 0 Å². The highest BCUT2D eigenvalue weighted by Crippen LogP contribution is 2.39. The van der Waals surface area contributed by atoms with E-state index in [0.29, 0.717) is 24.9 Å².